The van der Waals surface area contributed by atoms with Crippen molar-refractivity contribution >= 4 is 11.3 Å². The zero-order valence-electron chi connectivity index (χ0n) is 15.7. The van der Waals surface area contributed by atoms with Gasteiger partial charge in [-0.15, -0.1) is 11.3 Å². The SMILES string of the molecule is Cc1oc(-c2cccs2)nc1CN(C)Cc1ccc(C(C)(C)C)cc1. The first-order chi connectivity index (χ1) is 11.8. The Labute approximate surface area is 154 Å². The summed E-state index contributed by atoms with van der Waals surface area (Å²) in [4.78, 5) is 8.03. The van der Waals surface area contributed by atoms with Gasteiger partial charge < -0.3 is 4.42 Å². The van der Waals surface area contributed by atoms with E-state index < -0.39 is 0 Å². The van der Waals surface area contributed by atoms with E-state index in [2.05, 4.69) is 62.0 Å². The molecule has 0 aliphatic heterocycles. The second kappa shape index (κ2) is 7.14. The number of hydrogen-bond donors (Lipinski definition) is 0. The summed E-state index contributed by atoms with van der Waals surface area (Å²) < 4.78 is 5.84. The lowest BCUT2D eigenvalue weighted by atomic mass is 9.87. The fourth-order valence-corrected chi connectivity index (χ4v) is 3.46. The quantitative estimate of drug-likeness (QED) is 0.593. The molecule has 1 aromatic carbocycles. The van der Waals surface area contributed by atoms with Crippen LogP contribution < -0.4 is 0 Å². The average Bonchev–Trinajstić information content (AvgIpc) is 3.17. The molecule has 3 rings (SSSR count). The molecule has 0 aliphatic carbocycles. The molecular formula is C21H26N2OS. The second-order valence-electron chi connectivity index (χ2n) is 7.62. The minimum absolute atomic E-state index is 0.195. The molecule has 25 heavy (non-hydrogen) atoms. The van der Waals surface area contributed by atoms with E-state index >= 15 is 0 Å². The molecule has 0 aliphatic rings. The Balaban J connectivity index is 1.66. The summed E-state index contributed by atoms with van der Waals surface area (Å²) in [5.41, 5.74) is 3.89. The lowest BCUT2D eigenvalue weighted by Crippen LogP contribution is -2.18. The molecular weight excluding hydrogens is 328 g/mol. The van der Waals surface area contributed by atoms with Gasteiger partial charge in [-0.25, -0.2) is 4.98 Å². The van der Waals surface area contributed by atoms with Gasteiger partial charge in [0.2, 0.25) is 5.89 Å². The van der Waals surface area contributed by atoms with Crippen LogP contribution in [-0.2, 0) is 18.5 Å². The molecule has 132 valence electrons. The van der Waals surface area contributed by atoms with Gasteiger partial charge in [0.05, 0.1) is 10.6 Å². The van der Waals surface area contributed by atoms with Crippen LogP contribution >= 0.6 is 11.3 Å². The monoisotopic (exact) mass is 354 g/mol. The summed E-state index contributed by atoms with van der Waals surface area (Å²) in [6, 6.07) is 13.0. The molecule has 3 nitrogen and oxygen atoms in total. The molecule has 0 radical (unpaired) electrons. The molecule has 0 amide bonds. The van der Waals surface area contributed by atoms with E-state index in [1.165, 1.54) is 11.1 Å². The van der Waals surface area contributed by atoms with Gasteiger partial charge in [-0.05, 0) is 42.0 Å². The average molecular weight is 355 g/mol. The van der Waals surface area contributed by atoms with Gasteiger partial charge in [-0.1, -0.05) is 51.1 Å². The maximum Gasteiger partial charge on any atom is 0.236 e. The van der Waals surface area contributed by atoms with E-state index in [4.69, 9.17) is 4.42 Å². The highest BCUT2D eigenvalue weighted by atomic mass is 32.1. The van der Waals surface area contributed by atoms with Crippen molar-refractivity contribution in [3.05, 3.63) is 64.4 Å². The van der Waals surface area contributed by atoms with E-state index in [1.807, 2.05) is 24.4 Å². The molecule has 0 saturated heterocycles. The molecule has 0 N–H and O–H groups in total. The van der Waals surface area contributed by atoms with Crippen molar-refractivity contribution in [1.29, 1.82) is 0 Å². The van der Waals surface area contributed by atoms with Crippen LogP contribution in [-0.4, -0.2) is 16.9 Å². The highest BCUT2D eigenvalue weighted by molar-refractivity contribution is 7.13. The van der Waals surface area contributed by atoms with Crippen molar-refractivity contribution in [1.82, 2.24) is 9.88 Å². The van der Waals surface area contributed by atoms with E-state index in [0.717, 1.165) is 35.3 Å². The van der Waals surface area contributed by atoms with E-state index in [0.29, 0.717) is 0 Å². The third-order valence-corrected chi connectivity index (χ3v) is 5.17. The molecule has 0 atom stereocenters. The Hall–Kier alpha value is -1.91. The standard InChI is InChI=1S/C21H26N2OS/c1-15-18(22-20(24-15)19-7-6-12-25-19)14-23(5)13-16-8-10-17(11-9-16)21(2,3)4/h6-12H,13-14H2,1-5H3. The summed E-state index contributed by atoms with van der Waals surface area (Å²) in [5.74, 6) is 1.63. The van der Waals surface area contributed by atoms with Crippen LogP contribution in [0.2, 0.25) is 0 Å². The Morgan fingerprint density at radius 3 is 2.40 bits per heavy atom. The predicted molar refractivity (Wildman–Crippen MR) is 105 cm³/mol. The zero-order chi connectivity index (χ0) is 18.0. The molecule has 0 fully saturated rings. The van der Waals surface area contributed by atoms with Crippen LogP contribution in [0.4, 0.5) is 0 Å². The summed E-state index contributed by atoms with van der Waals surface area (Å²) >= 11 is 1.65. The second-order valence-corrected chi connectivity index (χ2v) is 8.57. The Morgan fingerprint density at radius 2 is 1.80 bits per heavy atom. The molecule has 0 saturated carbocycles. The van der Waals surface area contributed by atoms with Crippen molar-refractivity contribution in [3.8, 4) is 10.8 Å². The van der Waals surface area contributed by atoms with Gasteiger partial charge in [0.15, 0.2) is 0 Å². The molecule has 0 unspecified atom stereocenters. The number of thiophene rings is 1. The first-order valence-corrected chi connectivity index (χ1v) is 9.49. The summed E-state index contributed by atoms with van der Waals surface area (Å²) in [7, 11) is 2.12. The molecule has 0 spiro atoms. The molecule has 0 bridgehead atoms. The number of benzene rings is 1. The number of aryl methyl sites for hydroxylation is 1. The van der Waals surface area contributed by atoms with Crippen LogP contribution in [0, 0.1) is 6.92 Å². The van der Waals surface area contributed by atoms with Gasteiger partial charge in [0, 0.05) is 13.1 Å². The van der Waals surface area contributed by atoms with E-state index in [9.17, 15) is 0 Å². The predicted octanol–water partition coefficient (Wildman–Crippen LogP) is 5.64. The van der Waals surface area contributed by atoms with Crippen molar-refractivity contribution in [2.24, 2.45) is 0 Å². The van der Waals surface area contributed by atoms with Gasteiger partial charge >= 0.3 is 0 Å². The van der Waals surface area contributed by atoms with Gasteiger partial charge in [0.25, 0.3) is 0 Å². The molecule has 2 heterocycles. The Bertz CT molecular complexity index is 811. The van der Waals surface area contributed by atoms with Crippen LogP contribution in [0.1, 0.15) is 43.4 Å². The van der Waals surface area contributed by atoms with Crippen molar-refractivity contribution < 1.29 is 4.42 Å². The summed E-state index contributed by atoms with van der Waals surface area (Å²) in [6.45, 7) is 10.4. The summed E-state index contributed by atoms with van der Waals surface area (Å²) in [6.07, 6.45) is 0. The first kappa shape index (κ1) is 17.9. The van der Waals surface area contributed by atoms with Gasteiger partial charge in [-0.3, -0.25) is 4.90 Å². The van der Waals surface area contributed by atoms with Crippen LogP contribution in [0.3, 0.4) is 0 Å². The number of rotatable bonds is 5. The lowest BCUT2D eigenvalue weighted by Gasteiger charge is -2.20. The van der Waals surface area contributed by atoms with Gasteiger partial charge in [0.1, 0.15) is 5.76 Å². The van der Waals surface area contributed by atoms with E-state index in [1.54, 1.807) is 11.3 Å². The van der Waals surface area contributed by atoms with Crippen molar-refractivity contribution in [2.75, 3.05) is 7.05 Å². The largest absolute Gasteiger partial charge is 0.440 e. The number of nitrogens with zero attached hydrogens (tertiary/aromatic N) is 2. The molecule has 2 aromatic heterocycles. The van der Waals surface area contributed by atoms with Crippen LogP contribution in [0.5, 0.6) is 0 Å². The Kier molecular flexibility index (Phi) is 5.11. The third-order valence-electron chi connectivity index (χ3n) is 4.32. The van der Waals surface area contributed by atoms with E-state index in [-0.39, 0.29) is 5.41 Å². The van der Waals surface area contributed by atoms with Crippen molar-refractivity contribution in [2.45, 2.75) is 46.2 Å². The minimum atomic E-state index is 0.195. The smallest absolute Gasteiger partial charge is 0.236 e. The lowest BCUT2D eigenvalue weighted by molar-refractivity contribution is 0.313. The maximum absolute atomic E-state index is 5.84. The number of aromatic nitrogens is 1. The fraction of sp³-hybridized carbons (Fsp3) is 0.381. The normalized spacial score (nSPS) is 12.1. The molecule has 3 aromatic rings. The fourth-order valence-electron chi connectivity index (χ4n) is 2.81. The zero-order valence-corrected chi connectivity index (χ0v) is 16.5. The van der Waals surface area contributed by atoms with Crippen molar-refractivity contribution in [3.63, 3.8) is 0 Å². The van der Waals surface area contributed by atoms with Crippen LogP contribution in [0.15, 0.2) is 46.2 Å². The topological polar surface area (TPSA) is 29.3 Å². The first-order valence-electron chi connectivity index (χ1n) is 8.61. The maximum atomic E-state index is 5.84. The summed E-state index contributed by atoms with van der Waals surface area (Å²) in [5, 5.41) is 2.04. The third kappa shape index (κ3) is 4.39. The highest BCUT2D eigenvalue weighted by Gasteiger charge is 2.15. The van der Waals surface area contributed by atoms with Gasteiger partial charge in [-0.2, -0.15) is 0 Å². The van der Waals surface area contributed by atoms with Crippen LogP contribution in [0.25, 0.3) is 10.8 Å². The Morgan fingerprint density at radius 1 is 1.08 bits per heavy atom. The number of hydrogen-bond acceptors (Lipinski definition) is 4. The molecule has 4 heteroatoms. The minimum Gasteiger partial charge on any atom is -0.440 e. The highest BCUT2D eigenvalue weighted by Crippen LogP contribution is 2.27. The number of oxazole rings is 1.